The van der Waals surface area contributed by atoms with Gasteiger partial charge in [-0.3, -0.25) is 0 Å². The summed E-state index contributed by atoms with van der Waals surface area (Å²) < 4.78 is 11.6. The SMILES string of the molecule is Clc1cccc(Cl)c1[C@@H]1COC(c2cccc(C3=N[C@H](c4c(Cl)cccc4Cl)CO3)n2)=N1. The van der Waals surface area contributed by atoms with E-state index < -0.39 is 0 Å². The fourth-order valence-corrected chi connectivity index (χ4v) is 4.95. The van der Waals surface area contributed by atoms with Crippen molar-refractivity contribution >= 4 is 58.2 Å². The van der Waals surface area contributed by atoms with Crippen LogP contribution >= 0.6 is 46.4 Å². The second-order valence-electron chi connectivity index (χ2n) is 7.20. The molecule has 2 aromatic carbocycles. The highest BCUT2D eigenvalue weighted by molar-refractivity contribution is 6.36. The van der Waals surface area contributed by atoms with Crippen LogP contribution in [0.3, 0.4) is 0 Å². The highest BCUT2D eigenvalue weighted by Gasteiger charge is 2.29. The van der Waals surface area contributed by atoms with Crippen LogP contribution in [0.25, 0.3) is 0 Å². The molecule has 162 valence electrons. The van der Waals surface area contributed by atoms with Gasteiger partial charge in [-0.05, 0) is 36.4 Å². The van der Waals surface area contributed by atoms with Crippen molar-refractivity contribution in [2.75, 3.05) is 13.2 Å². The predicted molar refractivity (Wildman–Crippen MR) is 128 cm³/mol. The zero-order valence-corrected chi connectivity index (χ0v) is 19.5. The van der Waals surface area contributed by atoms with Gasteiger partial charge in [0.2, 0.25) is 11.8 Å². The van der Waals surface area contributed by atoms with Gasteiger partial charge in [-0.2, -0.15) is 0 Å². The van der Waals surface area contributed by atoms with Crippen molar-refractivity contribution in [2.45, 2.75) is 12.1 Å². The number of halogens is 4. The van der Waals surface area contributed by atoms with Crippen LogP contribution in [0.4, 0.5) is 0 Å². The molecular formula is C23H15Cl4N3O2. The lowest BCUT2D eigenvalue weighted by Crippen LogP contribution is -2.10. The molecule has 3 aromatic rings. The Hall–Kier alpha value is -2.31. The van der Waals surface area contributed by atoms with Gasteiger partial charge >= 0.3 is 0 Å². The molecule has 2 atom stereocenters. The number of rotatable bonds is 4. The summed E-state index contributed by atoms with van der Waals surface area (Å²) >= 11 is 25.3. The number of hydrogen-bond acceptors (Lipinski definition) is 5. The summed E-state index contributed by atoms with van der Waals surface area (Å²) in [6, 6.07) is 15.6. The van der Waals surface area contributed by atoms with E-state index in [4.69, 9.17) is 55.9 Å². The molecule has 0 saturated heterocycles. The van der Waals surface area contributed by atoms with Gasteiger partial charge in [0.1, 0.15) is 36.7 Å². The number of aromatic nitrogens is 1. The summed E-state index contributed by atoms with van der Waals surface area (Å²) in [6.07, 6.45) is 0. The highest BCUT2D eigenvalue weighted by Crippen LogP contribution is 2.36. The monoisotopic (exact) mass is 505 g/mol. The van der Waals surface area contributed by atoms with Gasteiger partial charge in [0.05, 0.1) is 0 Å². The summed E-state index contributed by atoms with van der Waals surface area (Å²) in [4.78, 5) is 13.9. The molecule has 0 saturated carbocycles. The Bertz CT molecular complexity index is 1130. The molecule has 0 aliphatic carbocycles. The lowest BCUT2D eigenvalue weighted by atomic mass is 10.1. The molecule has 0 unspecified atom stereocenters. The van der Waals surface area contributed by atoms with E-state index in [0.29, 0.717) is 56.5 Å². The van der Waals surface area contributed by atoms with E-state index in [1.165, 1.54) is 0 Å². The molecule has 5 rings (SSSR count). The molecular weight excluding hydrogens is 492 g/mol. The predicted octanol–water partition coefficient (Wildman–Crippen LogP) is 6.73. The van der Waals surface area contributed by atoms with Crippen LogP contribution in [0.15, 0.2) is 64.6 Å². The molecule has 0 radical (unpaired) electrons. The Labute approximate surface area is 204 Å². The van der Waals surface area contributed by atoms with Gasteiger partial charge in [-0.25, -0.2) is 15.0 Å². The standard InChI is InChI=1S/C23H15Cl4N3O2/c24-12-4-1-5-13(25)20(12)18-10-31-22(29-18)16-8-3-9-17(28-16)23-30-19(11-32-23)21-14(26)6-2-7-15(21)27/h1-9,18-19H,10-11H2/t18-,19-/m0/s1. The number of pyridine rings is 1. The lowest BCUT2D eigenvalue weighted by Gasteiger charge is -2.09. The van der Waals surface area contributed by atoms with Crippen LogP contribution in [0.5, 0.6) is 0 Å². The topological polar surface area (TPSA) is 56.1 Å². The largest absolute Gasteiger partial charge is 0.474 e. The summed E-state index contributed by atoms with van der Waals surface area (Å²) in [6.45, 7) is 0.657. The van der Waals surface area contributed by atoms with Crippen molar-refractivity contribution in [3.63, 3.8) is 0 Å². The van der Waals surface area contributed by atoms with Crippen LogP contribution in [-0.2, 0) is 9.47 Å². The first-order chi connectivity index (χ1) is 15.5. The number of nitrogens with zero attached hydrogens (tertiary/aromatic N) is 3. The van der Waals surface area contributed by atoms with E-state index in [-0.39, 0.29) is 12.1 Å². The van der Waals surface area contributed by atoms with Crippen molar-refractivity contribution < 1.29 is 9.47 Å². The molecule has 0 fully saturated rings. The number of aliphatic imine (C=N–C) groups is 2. The molecule has 2 aliphatic rings. The Morgan fingerprint density at radius 1 is 0.594 bits per heavy atom. The van der Waals surface area contributed by atoms with Crippen molar-refractivity contribution in [1.82, 2.24) is 4.98 Å². The van der Waals surface area contributed by atoms with Gasteiger partial charge in [0.25, 0.3) is 0 Å². The molecule has 0 amide bonds. The molecule has 0 N–H and O–H groups in total. The number of hydrogen-bond donors (Lipinski definition) is 0. The first-order valence-electron chi connectivity index (χ1n) is 9.78. The summed E-state index contributed by atoms with van der Waals surface area (Å²) in [7, 11) is 0. The highest BCUT2D eigenvalue weighted by atomic mass is 35.5. The fraction of sp³-hybridized carbons (Fsp3) is 0.174. The Morgan fingerprint density at radius 3 is 1.38 bits per heavy atom. The minimum absolute atomic E-state index is 0.302. The third-order valence-electron chi connectivity index (χ3n) is 5.16. The second-order valence-corrected chi connectivity index (χ2v) is 8.83. The van der Waals surface area contributed by atoms with Gasteiger partial charge < -0.3 is 9.47 Å². The maximum Gasteiger partial charge on any atom is 0.236 e. The van der Waals surface area contributed by atoms with Crippen LogP contribution < -0.4 is 0 Å². The summed E-state index contributed by atoms with van der Waals surface area (Å²) in [5.74, 6) is 0.828. The summed E-state index contributed by atoms with van der Waals surface area (Å²) in [5, 5.41) is 2.21. The van der Waals surface area contributed by atoms with E-state index in [1.807, 2.05) is 18.2 Å². The van der Waals surface area contributed by atoms with Gasteiger partial charge in [-0.15, -0.1) is 0 Å². The van der Waals surface area contributed by atoms with Crippen LogP contribution in [0.1, 0.15) is 34.6 Å². The minimum atomic E-state index is -0.302. The average Bonchev–Trinajstić information content (AvgIpc) is 3.44. The van der Waals surface area contributed by atoms with E-state index in [9.17, 15) is 0 Å². The molecule has 5 nitrogen and oxygen atoms in total. The number of benzene rings is 2. The van der Waals surface area contributed by atoms with Crippen molar-refractivity contribution in [1.29, 1.82) is 0 Å². The van der Waals surface area contributed by atoms with Crippen LogP contribution in [0, 0.1) is 0 Å². The quantitative estimate of drug-likeness (QED) is 0.394. The van der Waals surface area contributed by atoms with Crippen LogP contribution in [0.2, 0.25) is 20.1 Å². The molecule has 32 heavy (non-hydrogen) atoms. The molecule has 2 aliphatic heterocycles. The first-order valence-corrected chi connectivity index (χ1v) is 11.3. The molecule has 0 bridgehead atoms. The average molecular weight is 507 g/mol. The van der Waals surface area contributed by atoms with E-state index >= 15 is 0 Å². The molecule has 3 heterocycles. The second kappa shape index (κ2) is 8.91. The van der Waals surface area contributed by atoms with Gasteiger partial charge in [-0.1, -0.05) is 64.6 Å². The normalized spacial score (nSPS) is 19.9. The third-order valence-corrected chi connectivity index (χ3v) is 6.47. The van der Waals surface area contributed by atoms with Crippen molar-refractivity contribution in [3.05, 3.63) is 97.2 Å². The maximum absolute atomic E-state index is 6.33. The zero-order valence-electron chi connectivity index (χ0n) is 16.4. The molecule has 1 aromatic heterocycles. The van der Waals surface area contributed by atoms with Crippen LogP contribution in [-0.4, -0.2) is 30.0 Å². The Balaban J connectivity index is 1.42. The Morgan fingerprint density at radius 2 is 0.969 bits per heavy atom. The Kier molecular flexibility index (Phi) is 5.99. The zero-order chi connectivity index (χ0) is 22.2. The first kappa shape index (κ1) is 21.5. The molecule has 0 spiro atoms. The van der Waals surface area contributed by atoms with Gasteiger partial charge in [0, 0.05) is 31.2 Å². The number of ether oxygens (including phenoxy) is 2. The summed E-state index contributed by atoms with van der Waals surface area (Å²) in [5.41, 5.74) is 2.62. The van der Waals surface area contributed by atoms with Crippen molar-refractivity contribution in [2.24, 2.45) is 9.98 Å². The van der Waals surface area contributed by atoms with E-state index in [0.717, 1.165) is 11.1 Å². The maximum atomic E-state index is 6.33. The fourth-order valence-electron chi connectivity index (χ4n) is 3.65. The minimum Gasteiger partial charge on any atom is -0.474 e. The third kappa shape index (κ3) is 4.06. The van der Waals surface area contributed by atoms with E-state index in [2.05, 4.69) is 15.0 Å². The van der Waals surface area contributed by atoms with E-state index in [1.54, 1.807) is 36.4 Å². The lowest BCUT2D eigenvalue weighted by molar-refractivity contribution is 0.317. The molecule has 9 heteroatoms. The van der Waals surface area contributed by atoms with Crippen molar-refractivity contribution in [3.8, 4) is 0 Å². The smallest absolute Gasteiger partial charge is 0.236 e. The van der Waals surface area contributed by atoms with Gasteiger partial charge in [0.15, 0.2) is 0 Å².